The molecule has 0 fully saturated rings. The van der Waals surface area contributed by atoms with E-state index in [9.17, 15) is 13.0 Å². The molecule has 0 rings (SSSR count). The molecule has 30 heavy (non-hydrogen) atoms. The first-order valence-electron chi connectivity index (χ1n) is 12.7. The van der Waals surface area contributed by atoms with E-state index in [1.165, 1.54) is 122 Å². The second-order valence-electron chi connectivity index (χ2n) is 8.83. The molecule has 0 atom stereocenters. The Kier molecular flexibility index (Phi) is 28.8. The standard InChI is InChI=1S/C24H51NO3S.Na/c25-23-21-19-17-15-13-11-9-7-5-3-1-2-4-6-8-10-12-14-16-18-20-22-24-29(26,27)28;/h1-25H2,(H,26,27,28);/q;+1/p-1. The zero-order chi connectivity index (χ0) is 21.5. The molecule has 0 spiro atoms. The van der Waals surface area contributed by atoms with Crippen molar-refractivity contribution in [1.29, 1.82) is 0 Å². The Morgan fingerprint density at radius 1 is 0.433 bits per heavy atom. The maximum Gasteiger partial charge on any atom is 1.00 e. The van der Waals surface area contributed by atoms with E-state index >= 15 is 0 Å². The van der Waals surface area contributed by atoms with Gasteiger partial charge in [-0.2, -0.15) is 0 Å². The first-order valence-corrected chi connectivity index (χ1v) is 14.3. The predicted octanol–water partition coefficient (Wildman–Crippen LogP) is 4.08. The SMILES string of the molecule is NCCCCCCCCCCCCCCCCCCCCCCCCS(=O)(=O)[O-].[Na+]. The van der Waals surface area contributed by atoms with E-state index in [0.717, 1.165) is 19.4 Å². The van der Waals surface area contributed by atoms with Gasteiger partial charge >= 0.3 is 29.6 Å². The molecule has 0 aliphatic heterocycles. The Labute approximate surface area is 211 Å². The minimum absolute atomic E-state index is 0. The molecule has 0 radical (unpaired) electrons. The smallest absolute Gasteiger partial charge is 0.748 e. The molecule has 0 amide bonds. The molecule has 0 unspecified atom stereocenters. The molecule has 176 valence electrons. The summed E-state index contributed by atoms with van der Waals surface area (Å²) in [7, 11) is -4.00. The van der Waals surface area contributed by atoms with Crippen molar-refractivity contribution in [3.8, 4) is 0 Å². The van der Waals surface area contributed by atoms with E-state index in [1.54, 1.807) is 0 Å². The van der Waals surface area contributed by atoms with Gasteiger partial charge in [-0.25, -0.2) is 8.42 Å². The van der Waals surface area contributed by atoms with E-state index in [1.807, 2.05) is 0 Å². The van der Waals surface area contributed by atoms with Crippen molar-refractivity contribution in [2.24, 2.45) is 5.73 Å². The number of unbranched alkanes of at least 4 members (excludes halogenated alkanes) is 21. The van der Waals surface area contributed by atoms with Crippen LogP contribution < -0.4 is 35.3 Å². The van der Waals surface area contributed by atoms with Crippen molar-refractivity contribution in [3.05, 3.63) is 0 Å². The van der Waals surface area contributed by atoms with Crippen molar-refractivity contribution < 1.29 is 42.5 Å². The fourth-order valence-electron chi connectivity index (χ4n) is 3.96. The van der Waals surface area contributed by atoms with Crippen LogP contribution in [0.2, 0.25) is 0 Å². The minimum atomic E-state index is -4.00. The zero-order valence-corrected chi connectivity index (χ0v) is 23.0. The van der Waals surface area contributed by atoms with E-state index < -0.39 is 10.1 Å². The molecular formula is C24H50NNaO3S. The maximum absolute atomic E-state index is 10.5. The fourth-order valence-corrected chi connectivity index (χ4v) is 4.52. The number of nitrogens with two attached hydrogens (primary N) is 1. The van der Waals surface area contributed by atoms with Gasteiger partial charge in [-0.1, -0.05) is 128 Å². The number of rotatable bonds is 24. The van der Waals surface area contributed by atoms with Crippen LogP contribution in [0.1, 0.15) is 141 Å². The Bertz CT molecular complexity index is 419. The topological polar surface area (TPSA) is 83.2 Å². The van der Waals surface area contributed by atoms with Crippen molar-refractivity contribution in [2.75, 3.05) is 12.3 Å². The van der Waals surface area contributed by atoms with E-state index in [4.69, 9.17) is 5.73 Å². The van der Waals surface area contributed by atoms with Crippen LogP contribution in [0.4, 0.5) is 0 Å². The first-order chi connectivity index (χ1) is 14.1. The van der Waals surface area contributed by atoms with Crippen LogP contribution in [0.3, 0.4) is 0 Å². The van der Waals surface area contributed by atoms with E-state index in [-0.39, 0.29) is 35.3 Å². The summed E-state index contributed by atoms with van der Waals surface area (Å²) >= 11 is 0. The molecule has 0 bridgehead atoms. The summed E-state index contributed by atoms with van der Waals surface area (Å²) in [6, 6.07) is 0. The van der Waals surface area contributed by atoms with Gasteiger partial charge < -0.3 is 10.3 Å². The largest absolute Gasteiger partial charge is 1.00 e. The molecule has 0 saturated carbocycles. The zero-order valence-electron chi connectivity index (χ0n) is 20.2. The van der Waals surface area contributed by atoms with Crippen LogP contribution in [-0.4, -0.2) is 25.3 Å². The predicted molar refractivity (Wildman–Crippen MR) is 125 cm³/mol. The normalized spacial score (nSPS) is 11.5. The molecule has 2 N–H and O–H groups in total. The molecule has 0 aromatic carbocycles. The summed E-state index contributed by atoms with van der Waals surface area (Å²) in [6.07, 6.45) is 28.3. The molecule has 6 heteroatoms. The third-order valence-electron chi connectivity index (χ3n) is 5.85. The molecule has 0 saturated heterocycles. The van der Waals surface area contributed by atoms with Crippen LogP contribution in [0.5, 0.6) is 0 Å². The quantitative estimate of drug-likeness (QED) is 0.135. The van der Waals surface area contributed by atoms with Gasteiger partial charge in [-0.15, -0.1) is 0 Å². The Balaban J connectivity index is 0. The Morgan fingerprint density at radius 3 is 0.833 bits per heavy atom. The van der Waals surface area contributed by atoms with Gasteiger partial charge in [-0.3, -0.25) is 0 Å². The van der Waals surface area contributed by atoms with Crippen LogP contribution >= 0.6 is 0 Å². The molecule has 0 heterocycles. The van der Waals surface area contributed by atoms with Gasteiger partial charge in [-0.05, 0) is 19.4 Å². The van der Waals surface area contributed by atoms with Crippen molar-refractivity contribution in [2.45, 2.75) is 141 Å². The van der Waals surface area contributed by atoms with Gasteiger partial charge in [0.15, 0.2) is 0 Å². The molecule has 0 aliphatic carbocycles. The second-order valence-corrected chi connectivity index (χ2v) is 10.4. The molecule has 0 aliphatic rings. The van der Waals surface area contributed by atoms with Crippen LogP contribution in [0.15, 0.2) is 0 Å². The first kappa shape index (κ1) is 33.0. The summed E-state index contributed by atoms with van der Waals surface area (Å²) in [5, 5.41) is 0. The minimum Gasteiger partial charge on any atom is -0.748 e. The third-order valence-corrected chi connectivity index (χ3v) is 6.64. The monoisotopic (exact) mass is 455 g/mol. The van der Waals surface area contributed by atoms with Crippen molar-refractivity contribution in [3.63, 3.8) is 0 Å². The van der Waals surface area contributed by atoms with Crippen LogP contribution in [0.25, 0.3) is 0 Å². The Morgan fingerprint density at radius 2 is 0.633 bits per heavy atom. The Hall–Kier alpha value is 0.870. The third kappa shape index (κ3) is 31.1. The summed E-state index contributed by atoms with van der Waals surface area (Å²) < 4.78 is 31.5. The second kappa shape index (κ2) is 26.1. The summed E-state index contributed by atoms with van der Waals surface area (Å²) in [5.41, 5.74) is 5.51. The molecule has 0 aromatic rings. The number of hydrogen-bond acceptors (Lipinski definition) is 4. The van der Waals surface area contributed by atoms with Crippen LogP contribution in [-0.2, 0) is 10.1 Å². The van der Waals surface area contributed by atoms with Gasteiger partial charge in [0.1, 0.15) is 0 Å². The van der Waals surface area contributed by atoms with Gasteiger partial charge in [0.25, 0.3) is 0 Å². The summed E-state index contributed by atoms with van der Waals surface area (Å²) in [6.45, 7) is 0.852. The average Bonchev–Trinajstić information content (AvgIpc) is 2.67. The fraction of sp³-hybridized carbons (Fsp3) is 1.00. The average molecular weight is 456 g/mol. The molecular weight excluding hydrogens is 405 g/mol. The maximum atomic E-state index is 10.5. The molecule has 4 nitrogen and oxygen atoms in total. The van der Waals surface area contributed by atoms with Gasteiger partial charge in [0, 0.05) is 5.75 Å². The van der Waals surface area contributed by atoms with E-state index in [0.29, 0.717) is 6.42 Å². The van der Waals surface area contributed by atoms with Crippen molar-refractivity contribution >= 4 is 10.1 Å². The van der Waals surface area contributed by atoms with Gasteiger partial charge in [0.2, 0.25) is 0 Å². The molecule has 0 aromatic heterocycles. The van der Waals surface area contributed by atoms with Gasteiger partial charge in [0.05, 0.1) is 10.1 Å². The summed E-state index contributed by atoms with van der Waals surface area (Å²) in [5.74, 6) is -0.192. The van der Waals surface area contributed by atoms with E-state index in [2.05, 4.69) is 0 Å². The van der Waals surface area contributed by atoms with Crippen LogP contribution in [0, 0.1) is 0 Å². The summed E-state index contributed by atoms with van der Waals surface area (Å²) in [4.78, 5) is 0. The number of hydrogen-bond donors (Lipinski definition) is 1. The van der Waals surface area contributed by atoms with Crippen molar-refractivity contribution in [1.82, 2.24) is 0 Å².